The molecule has 0 atom stereocenters. The van der Waals surface area contributed by atoms with Gasteiger partial charge in [-0.15, -0.1) is 0 Å². The third-order valence-corrected chi connectivity index (χ3v) is 8.89. The Morgan fingerprint density at radius 2 is 1.40 bits per heavy atom. The second-order valence-electron chi connectivity index (χ2n) is 11.4. The fraction of sp³-hybridized carbons (Fsp3) is 0.216. The molecule has 0 spiro atoms. The quantitative estimate of drug-likeness (QED) is 0.203. The number of fused-ring (bicyclic) bond motifs is 1. The van der Waals surface area contributed by atoms with Crippen LogP contribution in [0.25, 0.3) is 21.5 Å². The number of benzene rings is 5. The van der Waals surface area contributed by atoms with E-state index in [1.165, 1.54) is 11.3 Å². The molecule has 0 N–H and O–H groups in total. The van der Waals surface area contributed by atoms with Gasteiger partial charge in [0.1, 0.15) is 0 Å². The fourth-order valence-electron chi connectivity index (χ4n) is 6.68. The van der Waals surface area contributed by atoms with Crippen LogP contribution in [0, 0.1) is 6.92 Å². The van der Waals surface area contributed by atoms with Crippen molar-refractivity contribution in [3.63, 3.8) is 0 Å². The molecule has 1 fully saturated rings. The highest BCUT2D eigenvalue weighted by atomic mass is 16.2. The van der Waals surface area contributed by atoms with Crippen LogP contribution in [0.1, 0.15) is 55.9 Å². The number of piperidine rings is 1. The number of imide groups is 1. The Balaban J connectivity index is 1.25. The van der Waals surface area contributed by atoms with Crippen molar-refractivity contribution in [3.8, 4) is 0 Å². The lowest BCUT2D eigenvalue weighted by atomic mass is 9.92. The van der Waals surface area contributed by atoms with Crippen molar-refractivity contribution in [2.45, 2.75) is 26.2 Å². The van der Waals surface area contributed by atoms with E-state index in [0.717, 1.165) is 64.4 Å². The van der Waals surface area contributed by atoms with Crippen molar-refractivity contribution < 1.29 is 14.4 Å². The average molecular weight is 568 g/mol. The molecule has 43 heavy (non-hydrogen) atoms. The van der Waals surface area contributed by atoms with E-state index in [1.54, 1.807) is 4.90 Å². The standard InChI is InChI=1S/C37H33N3O3/c1-25-11-3-5-14-27(25)35(41)39(33-18-9-13-26-12-4-6-15-28(26)33)23-24-40-36(42)30-17-10-16-29-32(38-21-7-2-8-22-38)20-19-31(34(29)30)37(40)43/h3-6,9-20H,2,7-8,21-24H2,1H3. The van der Waals surface area contributed by atoms with E-state index in [-0.39, 0.29) is 30.8 Å². The smallest absolute Gasteiger partial charge is 0.261 e. The number of nitrogens with zero attached hydrogens (tertiary/aromatic N) is 3. The molecule has 214 valence electrons. The van der Waals surface area contributed by atoms with Gasteiger partial charge in [0.05, 0.1) is 5.69 Å². The summed E-state index contributed by atoms with van der Waals surface area (Å²) < 4.78 is 0. The van der Waals surface area contributed by atoms with Crippen LogP contribution in [0.15, 0.2) is 97.1 Å². The van der Waals surface area contributed by atoms with E-state index < -0.39 is 0 Å². The van der Waals surface area contributed by atoms with E-state index in [9.17, 15) is 14.4 Å². The Morgan fingerprint density at radius 3 is 2.21 bits per heavy atom. The van der Waals surface area contributed by atoms with Gasteiger partial charge in [-0.25, -0.2) is 0 Å². The highest BCUT2D eigenvalue weighted by molar-refractivity contribution is 6.27. The molecule has 0 saturated carbocycles. The topological polar surface area (TPSA) is 60.9 Å². The lowest BCUT2D eigenvalue weighted by Gasteiger charge is -2.33. The van der Waals surface area contributed by atoms with Crippen LogP contribution in [-0.2, 0) is 0 Å². The number of carbonyl (C=O) groups is 3. The van der Waals surface area contributed by atoms with Crippen LogP contribution in [0.3, 0.4) is 0 Å². The summed E-state index contributed by atoms with van der Waals surface area (Å²) in [5.74, 6) is -0.805. The number of hydrogen-bond acceptors (Lipinski definition) is 4. The molecule has 7 rings (SSSR count). The Labute approximate surface area is 251 Å². The van der Waals surface area contributed by atoms with Crippen LogP contribution >= 0.6 is 0 Å². The highest BCUT2D eigenvalue weighted by Crippen LogP contribution is 2.37. The molecule has 2 heterocycles. The third kappa shape index (κ3) is 4.63. The van der Waals surface area contributed by atoms with Crippen LogP contribution < -0.4 is 9.80 Å². The average Bonchev–Trinajstić information content (AvgIpc) is 3.05. The zero-order valence-corrected chi connectivity index (χ0v) is 24.3. The number of amides is 3. The first-order valence-corrected chi connectivity index (χ1v) is 15.0. The first-order valence-electron chi connectivity index (χ1n) is 15.0. The van der Waals surface area contributed by atoms with Gasteiger partial charge in [-0.1, -0.05) is 66.7 Å². The predicted octanol–water partition coefficient (Wildman–Crippen LogP) is 7.23. The molecule has 0 unspecified atom stereocenters. The maximum Gasteiger partial charge on any atom is 0.261 e. The maximum atomic E-state index is 14.1. The van der Waals surface area contributed by atoms with Gasteiger partial charge in [-0.3, -0.25) is 19.3 Å². The number of carbonyl (C=O) groups excluding carboxylic acids is 3. The summed E-state index contributed by atoms with van der Waals surface area (Å²) >= 11 is 0. The molecule has 5 aromatic carbocycles. The van der Waals surface area contributed by atoms with Crippen LogP contribution in [-0.4, -0.2) is 48.8 Å². The van der Waals surface area contributed by atoms with Crippen LogP contribution in [0.2, 0.25) is 0 Å². The van der Waals surface area contributed by atoms with Gasteiger partial charge in [-0.2, -0.15) is 0 Å². The summed E-state index contributed by atoms with van der Waals surface area (Å²) in [5, 5.41) is 3.63. The van der Waals surface area contributed by atoms with Crippen LogP contribution in [0.4, 0.5) is 11.4 Å². The van der Waals surface area contributed by atoms with Gasteiger partial charge in [0.25, 0.3) is 17.7 Å². The zero-order valence-electron chi connectivity index (χ0n) is 24.3. The van der Waals surface area contributed by atoms with Crippen molar-refractivity contribution in [1.29, 1.82) is 0 Å². The molecular weight excluding hydrogens is 534 g/mol. The van der Waals surface area contributed by atoms with Crippen molar-refractivity contribution in [2.75, 3.05) is 36.0 Å². The van der Waals surface area contributed by atoms with E-state index in [2.05, 4.69) is 4.90 Å². The monoisotopic (exact) mass is 567 g/mol. The molecule has 6 heteroatoms. The van der Waals surface area contributed by atoms with Crippen LogP contribution in [0.5, 0.6) is 0 Å². The summed E-state index contributed by atoms with van der Waals surface area (Å²) in [4.78, 5) is 47.4. The van der Waals surface area contributed by atoms with E-state index >= 15 is 0 Å². The number of aryl methyl sites for hydroxylation is 1. The van der Waals surface area contributed by atoms with Gasteiger partial charge in [-0.05, 0) is 67.5 Å². The normalized spacial score (nSPS) is 14.9. The highest BCUT2D eigenvalue weighted by Gasteiger charge is 2.34. The van der Waals surface area contributed by atoms with Crippen molar-refractivity contribution in [3.05, 3.63) is 119 Å². The third-order valence-electron chi connectivity index (χ3n) is 8.89. The molecule has 3 amide bonds. The molecule has 1 saturated heterocycles. The van der Waals surface area contributed by atoms with Crippen molar-refractivity contribution >= 4 is 50.6 Å². The minimum atomic E-state index is -0.319. The summed E-state index contributed by atoms with van der Waals surface area (Å²) in [5.41, 5.74) is 4.36. The van der Waals surface area contributed by atoms with Gasteiger partial charge >= 0.3 is 0 Å². The van der Waals surface area contributed by atoms with E-state index in [1.807, 2.05) is 104 Å². The Hall–Kier alpha value is -4.97. The van der Waals surface area contributed by atoms with Gasteiger partial charge in [0.15, 0.2) is 0 Å². The molecule has 2 aliphatic rings. The second kappa shape index (κ2) is 11.0. The molecular formula is C37H33N3O3. The summed E-state index contributed by atoms with van der Waals surface area (Å²) in [6.07, 6.45) is 3.51. The Bertz CT molecular complexity index is 1880. The molecule has 0 radical (unpaired) electrons. The first kappa shape index (κ1) is 26.9. The molecule has 0 aromatic heterocycles. The summed E-state index contributed by atoms with van der Waals surface area (Å²) in [7, 11) is 0. The number of rotatable bonds is 6. The lowest BCUT2D eigenvalue weighted by Crippen LogP contribution is -2.46. The maximum absolute atomic E-state index is 14.1. The van der Waals surface area contributed by atoms with Crippen molar-refractivity contribution in [1.82, 2.24) is 4.90 Å². The number of anilines is 2. The summed E-state index contributed by atoms with van der Waals surface area (Å²) in [6, 6.07) is 31.0. The molecule has 0 bridgehead atoms. The van der Waals surface area contributed by atoms with E-state index in [0.29, 0.717) is 16.7 Å². The van der Waals surface area contributed by atoms with Gasteiger partial charge in [0, 0.05) is 64.7 Å². The molecule has 5 aromatic rings. The Morgan fingerprint density at radius 1 is 0.721 bits per heavy atom. The lowest BCUT2D eigenvalue weighted by molar-refractivity contribution is 0.0611. The fourth-order valence-corrected chi connectivity index (χ4v) is 6.68. The minimum absolute atomic E-state index is 0.0716. The minimum Gasteiger partial charge on any atom is -0.371 e. The van der Waals surface area contributed by atoms with Crippen molar-refractivity contribution in [2.24, 2.45) is 0 Å². The molecule has 0 aliphatic carbocycles. The van der Waals surface area contributed by atoms with E-state index in [4.69, 9.17) is 0 Å². The number of hydrogen-bond donors (Lipinski definition) is 0. The molecule has 6 nitrogen and oxygen atoms in total. The molecule has 2 aliphatic heterocycles. The first-order chi connectivity index (χ1) is 21.0. The Kier molecular flexibility index (Phi) is 6.90. The SMILES string of the molecule is Cc1ccccc1C(=O)N(CCN1C(=O)c2cccc3c(N4CCCCC4)ccc(c23)C1=O)c1cccc2ccccc12. The van der Waals surface area contributed by atoms with Gasteiger partial charge in [0.2, 0.25) is 0 Å². The predicted molar refractivity (Wildman–Crippen MR) is 172 cm³/mol. The zero-order chi connectivity index (χ0) is 29.5. The largest absolute Gasteiger partial charge is 0.371 e. The van der Waals surface area contributed by atoms with Gasteiger partial charge < -0.3 is 9.80 Å². The second-order valence-corrected chi connectivity index (χ2v) is 11.4. The summed E-state index contributed by atoms with van der Waals surface area (Å²) in [6.45, 7) is 4.11.